The van der Waals surface area contributed by atoms with Crippen LogP contribution in [-0.4, -0.2) is 4.57 Å². The van der Waals surface area contributed by atoms with Gasteiger partial charge in [-0.2, -0.15) is 4.57 Å². The third kappa shape index (κ3) is 4.17. The highest BCUT2D eigenvalue weighted by atomic mass is 15.1. The van der Waals surface area contributed by atoms with Gasteiger partial charge in [-0.25, -0.2) is 4.57 Å². The molecule has 0 fully saturated rings. The number of para-hydroxylation sites is 1. The van der Waals surface area contributed by atoms with E-state index >= 15 is 0 Å². The minimum absolute atomic E-state index is 0.0754. The number of pyridine rings is 1. The smallest absolute Gasteiger partial charge is 0.237 e. The van der Waals surface area contributed by atoms with Crippen molar-refractivity contribution in [3.63, 3.8) is 0 Å². The van der Waals surface area contributed by atoms with Crippen LogP contribution >= 0.6 is 0 Å². The van der Waals surface area contributed by atoms with Crippen LogP contribution in [-0.2, 0) is 12.5 Å². The SMILES string of the molecule is Cc1c(C(C)(C)C)ccc2c3ccccc3n(-c3cc(-c4c(C(C)C)cccc4C(C)C)cc[n+]3C)c12. The van der Waals surface area contributed by atoms with Crippen LogP contribution in [0.15, 0.2) is 72.9 Å². The summed E-state index contributed by atoms with van der Waals surface area (Å²) in [6.45, 7) is 18.4. The second kappa shape index (κ2) is 9.17. The van der Waals surface area contributed by atoms with Gasteiger partial charge in [-0.15, -0.1) is 0 Å². The van der Waals surface area contributed by atoms with Gasteiger partial charge in [-0.1, -0.05) is 84.9 Å². The molecule has 0 aliphatic carbocycles. The molecule has 0 saturated heterocycles. The Morgan fingerprint density at radius 1 is 0.757 bits per heavy atom. The summed E-state index contributed by atoms with van der Waals surface area (Å²) in [5.74, 6) is 2.10. The van der Waals surface area contributed by atoms with Crippen LogP contribution in [0.25, 0.3) is 38.8 Å². The first-order valence-corrected chi connectivity index (χ1v) is 13.7. The van der Waals surface area contributed by atoms with Crippen molar-refractivity contribution < 1.29 is 4.57 Å². The molecule has 0 spiro atoms. The number of fused-ring (bicyclic) bond motifs is 3. The van der Waals surface area contributed by atoms with Crippen LogP contribution in [0.4, 0.5) is 0 Å². The summed E-state index contributed by atoms with van der Waals surface area (Å²) in [6, 6.07) is 25.0. The normalized spacial score (nSPS) is 12.4. The number of aromatic nitrogens is 2. The molecule has 0 aliphatic rings. The van der Waals surface area contributed by atoms with Crippen molar-refractivity contribution in [1.29, 1.82) is 0 Å². The quantitative estimate of drug-likeness (QED) is 0.223. The van der Waals surface area contributed by atoms with Gasteiger partial charge in [0.2, 0.25) is 0 Å². The zero-order valence-electron chi connectivity index (χ0n) is 24.0. The van der Waals surface area contributed by atoms with Crippen LogP contribution < -0.4 is 4.57 Å². The molecule has 37 heavy (non-hydrogen) atoms. The summed E-state index contributed by atoms with van der Waals surface area (Å²) in [5, 5.41) is 2.62. The van der Waals surface area contributed by atoms with Crippen molar-refractivity contribution in [3.05, 3.63) is 95.2 Å². The Labute approximate surface area is 222 Å². The van der Waals surface area contributed by atoms with E-state index in [1.165, 1.54) is 61.0 Å². The van der Waals surface area contributed by atoms with Gasteiger partial charge in [-0.05, 0) is 76.3 Å². The van der Waals surface area contributed by atoms with Crippen LogP contribution in [0.1, 0.15) is 82.6 Å². The molecule has 0 saturated carbocycles. The van der Waals surface area contributed by atoms with Gasteiger partial charge in [0.05, 0.1) is 13.2 Å². The lowest BCUT2D eigenvalue weighted by atomic mass is 9.83. The van der Waals surface area contributed by atoms with E-state index in [2.05, 4.69) is 144 Å². The maximum Gasteiger partial charge on any atom is 0.287 e. The van der Waals surface area contributed by atoms with E-state index < -0.39 is 0 Å². The first-order chi connectivity index (χ1) is 17.5. The minimum Gasteiger partial charge on any atom is -0.237 e. The van der Waals surface area contributed by atoms with Crippen molar-refractivity contribution in [2.24, 2.45) is 7.05 Å². The van der Waals surface area contributed by atoms with Gasteiger partial charge in [0, 0.05) is 22.4 Å². The average Bonchev–Trinajstić information content (AvgIpc) is 3.18. The van der Waals surface area contributed by atoms with Crippen LogP contribution in [0.2, 0.25) is 0 Å². The van der Waals surface area contributed by atoms with Gasteiger partial charge in [0.15, 0.2) is 0 Å². The lowest BCUT2D eigenvalue weighted by Crippen LogP contribution is -2.33. The first kappa shape index (κ1) is 25.3. The molecule has 2 nitrogen and oxygen atoms in total. The van der Waals surface area contributed by atoms with Gasteiger partial charge in [0.25, 0.3) is 5.82 Å². The number of rotatable bonds is 4. The van der Waals surface area contributed by atoms with Crippen molar-refractivity contribution in [1.82, 2.24) is 4.57 Å². The highest BCUT2D eigenvalue weighted by Crippen LogP contribution is 2.40. The molecule has 0 atom stereocenters. The standard InChI is InChI=1S/C35H41N2/c1-22(2)26-14-12-15-27(23(3)4)33(26)25-19-20-36(9)32(21-25)37-31-16-11-10-13-28(31)29-17-18-30(35(6,7)8)24(5)34(29)37/h10-23H,1-9H3/q+1. The van der Waals surface area contributed by atoms with E-state index in [-0.39, 0.29) is 5.41 Å². The fourth-order valence-electron chi connectivity index (χ4n) is 6.09. The summed E-state index contributed by atoms with van der Waals surface area (Å²) >= 11 is 0. The third-order valence-corrected chi connectivity index (χ3v) is 7.91. The van der Waals surface area contributed by atoms with Crippen molar-refractivity contribution in [3.8, 4) is 16.9 Å². The molecule has 0 N–H and O–H groups in total. The summed E-state index contributed by atoms with van der Waals surface area (Å²) in [7, 11) is 2.17. The summed E-state index contributed by atoms with van der Waals surface area (Å²) in [4.78, 5) is 0. The Bertz CT molecular complexity index is 1600. The van der Waals surface area contributed by atoms with Crippen molar-refractivity contribution >= 4 is 21.8 Å². The van der Waals surface area contributed by atoms with Crippen LogP contribution in [0.5, 0.6) is 0 Å². The largest absolute Gasteiger partial charge is 0.287 e. The highest BCUT2D eigenvalue weighted by Gasteiger charge is 2.27. The predicted octanol–water partition coefficient (Wildman–Crippen LogP) is 9.13. The van der Waals surface area contributed by atoms with Gasteiger partial charge < -0.3 is 0 Å². The lowest BCUT2D eigenvalue weighted by Gasteiger charge is -2.22. The Hall–Kier alpha value is -3.39. The Morgan fingerprint density at radius 2 is 1.41 bits per heavy atom. The molecule has 0 bridgehead atoms. The third-order valence-electron chi connectivity index (χ3n) is 7.91. The van der Waals surface area contributed by atoms with Crippen LogP contribution in [0.3, 0.4) is 0 Å². The monoisotopic (exact) mass is 489 g/mol. The molecule has 5 aromatic rings. The van der Waals surface area contributed by atoms with E-state index in [9.17, 15) is 0 Å². The number of nitrogens with zero attached hydrogens (tertiary/aromatic N) is 2. The lowest BCUT2D eigenvalue weighted by molar-refractivity contribution is -0.665. The molecule has 190 valence electrons. The molecule has 2 heteroatoms. The number of benzene rings is 3. The molecule has 0 radical (unpaired) electrons. The number of hydrogen-bond acceptors (Lipinski definition) is 0. The van der Waals surface area contributed by atoms with E-state index in [0.717, 1.165) is 0 Å². The van der Waals surface area contributed by atoms with E-state index in [1.54, 1.807) is 0 Å². The summed E-state index contributed by atoms with van der Waals surface area (Å²) < 4.78 is 4.76. The maximum atomic E-state index is 2.49. The molecule has 0 unspecified atom stereocenters. The van der Waals surface area contributed by atoms with Gasteiger partial charge in [-0.3, -0.25) is 0 Å². The molecule has 2 aromatic heterocycles. The topological polar surface area (TPSA) is 8.81 Å². The van der Waals surface area contributed by atoms with Crippen LogP contribution in [0, 0.1) is 6.92 Å². The fraction of sp³-hybridized carbons (Fsp3) is 0.343. The molecule has 5 rings (SSSR count). The fourth-order valence-corrected chi connectivity index (χ4v) is 6.09. The molecule has 0 aliphatic heterocycles. The maximum absolute atomic E-state index is 2.49. The van der Waals surface area contributed by atoms with Crippen molar-refractivity contribution in [2.75, 3.05) is 0 Å². The van der Waals surface area contributed by atoms with E-state index in [1.807, 2.05) is 0 Å². The summed E-state index contributed by atoms with van der Waals surface area (Å²) in [5.41, 5.74) is 10.9. The molecule has 2 heterocycles. The Kier molecular flexibility index (Phi) is 6.26. The minimum atomic E-state index is 0.0754. The predicted molar refractivity (Wildman–Crippen MR) is 159 cm³/mol. The molecular weight excluding hydrogens is 448 g/mol. The zero-order chi connectivity index (χ0) is 26.6. The second-order valence-electron chi connectivity index (χ2n) is 12.2. The van der Waals surface area contributed by atoms with Gasteiger partial charge >= 0.3 is 0 Å². The zero-order valence-corrected chi connectivity index (χ0v) is 24.0. The first-order valence-electron chi connectivity index (χ1n) is 13.7. The van der Waals surface area contributed by atoms with E-state index in [4.69, 9.17) is 0 Å². The molecular formula is C35H41N2+. The van der Waals surface area contributed by atoms with Crippen molar-refractivity contribution in [2.45, 2.75) is 72.6 Å². The number of hydrogen-bond donors (Lipinski definition) is 0. The Balaban J connectivity index is 1.89. The molecule has 0 amide bonds. The highest BCUT2D eigenvalue weighted by molar-refractivity contribution is 6.10. The summed E-state index contributed by atoms with van der Waals surface area (Å²) in [6.07, 6.45) is 2.23. The second-order valence-corrected chi connectivity index (χ2v) is 12.2. The Morgan fingerprint density at radius 3 is 2.03 bits per heavy atom. The number of aryl methyl sites for hydroxylation is 2. The van der Waals surface area contributed by atoms with Gasteiger partial charge in [0.1, 0.15) is 11.0 Å². The molecule has 3 aromatic carbocycles. The van der Waals surface area contributed by atoms with E-state index in [0.29, 0.717) is 11.8 Å². The average molecular weight is 490 g/mol.